The zero-order chi connectivity index (χ0) is 13.4. The van der Waals surface area contributed by atoms with Gasteiger partial charge in [-0.2, -0.15) is 0 Å². The molecule has 0 fully saturated rings. The first-order chi connectivity index (χ1) is 8.61. The van der Waals surface area contributed by atoms with Gasteiger partial charge in [-0.15, -0.1) is 0 Å². The van der Waals surface area contributed by atoms with E-state index in [-0.39, 0.29) is 12.3 Å². The van der Waals surface area contributed by atoms with Crippen LogP contribution in [0, 0.1) is 6.92 Å². The third-order valence-electron chi connectivity index (χ3n) is 2.74. The zero-order valence-electron chi connectivity index (χ0n) is 10.6. The van der Waals surface area contributed by atoms with Crippen molar-refractivity contribution in [2.45, 2.75) is 32.6 Å². The average molecular weight is 249 g/mol. The van der Waals surface area contributed by atoms with Gasteiger partial charge in [0.05, 0.1) is 0 Å². The molecule has 0 heterocycles. The molecule has 4 nitrogen and oxygen atoms in total. The van der Waals surface area contributed by atoms with Crippen LogP contribution in [0.3, 0.4) is 0 Å². The molecular weight excluding hydrogens is 230 g/mol. The molecule has 0 aliphatic carbocycles. The molecule has 18 heavy (non-hydrogen) atoms. The number of carboxylic acid groups (broad SMARTS) is 1. The summed E-state index contributed by atoms with van der Waals surface area (Å²) < 4.78 is 0. The molecule has 1 amide bonds. The molecule has 0 bridgehead atoms. The molecule has 0 spiro atoms. The van der Waals surface area contributed by atoms with E-state index in [0.29, 0.717) is 18.5 Å². The number of hydrogen-bond acceptors (Lipinski definition) is 2. The van der Waals surface area contributed by atoms with E-state index in [2.05, 4.69) is 5.32 Å². The quantitative estimate of drug-likeness (QED) is 0.729. The number of carboxylic acids is 1. The van der Waals surface area contributed by atoms with Crippen LogP contribution in [-0.2, 0) is 4.79 Å². The van der Waals surface area contributed by atoms with E-state index < -0.39 is 5.97 Å². The Hall–Kier alpha value is -1.84. The molecule has 4 heteroatoms. The fourth-order valence-corrected chi connectivity index (χ4v) is 1.70. The minimum absolute atomic E-state index is 0.0636. The third kappa shape index (κ3) is 4.99. The molecule has 0 saturated heterocycles. The summed E-state index contributed by atoms with van der Waals surface area (Å²) in [5, 5.41) is 11.3. The fraction of sp³-hybridized carbons (Fsp3) is 0.429. The number of hydrogen-bond donors (Lipinski definition) is 2. The summed E-state index contributed by atoms with van der Waals surface area (Å²) in [5.41, 5.74) is 1.66. The Morgan fingerprint density at radius 1 is 1.17 bits per heavy atom. The lowest BCUT2D eigenvalue weighted by molar-refractivity contribution is -0.137. The molecule has 1 rings (SSSR count). The predicted molar refractivity (Wildman–Crippen MR) is 69.6 cm³/mol. The summed E-state index contributed by atoms with van der Waals surface area (Å²) in [5.74, 6) is -0.828. The largest absolute Gasteiger partial charge is 0.481 e. The highest BCUT2D eigenvalue weighted by Crippen LogP contribution is 2.06. The molecule has 1 aromatic carbocycles. The SMILES string of the molecule is Cc1ccccc1C(=O)NCCCCCC(=O)O. The first kappa shape index (κ1) is 14.2. The number of amides is 1. The van der Waals surface area contributed by atoms with Crippen LogP contribution < -0.4 is 5.32 Å². The Balaban J connectivity index is 2.22. The summed E-state index contributed by atoms with van der Waals surface area (Å²) in [6, 6.07) is 7.45. The van der Waals surface area contributed by atoms with E-state index in [1.54, 1.807) is 6.07 Å². The van der Waals surface area contributed by atoms with Gasteiger partial charge in [0.2, 0.25) is 0 Å². The first-order valence-corrected chi connectivity index (χ1v) is 6.17. The lowest BCUT2D eigenvalue weighted by Crippen LogP contribution is -2.25. The van der Waals surface area contributed by atoms with Crippen molar-refractivity contribution < 1.29 is 14.7 Å². The molecule has 0 radical (unpaired) electrons. The maximum absolute atomic E-state index is 11.8. The molecular formula is C14H19NO3. The van der Waals surface area contributed by atoms with Crippen LogP contribution in [0.25, 0.3) is 0 Å². The second-order valence-electron chi connectivity index (χ2n) is 4.28. The maximum Gasteiger partial charge on any atom is 0.303 e. The van der Waals surface area contributed by atoms with E-state index >= 15 is 0 Å². The van der Waals surface area contributed by atoms with Crippen molar-refractivity contribution >= 4 is 11.9 Å². The van der Waals surface area contributed by atoms with E-state index in [1.165, 1.54) is 0 Å². The van der Waals surface area contributed by atoms with Crippen molar-refractivity contribution in [3.8, 4) is 0 Å². The fourth-order valence-electron chi connectivity index (χ4n) is 1.70. The Morgan fingerprint density at radius 2 is 1.89 bits per heavy atom. The molecule has 2 N–H and O–H groups in total. The van der Waals surface area contributed by atoms with Gasteiger partial charge in [-0.05, 0) is 31.4 Å². The molecule has 0 aliphatic rings. The highest BCUT2D eigenvalue weighted by atomic mass is 16.4. The van der Waals surface area contributed by atoms with Crippen LogP contribution in [0.2, 0.25) is 0 Å². The molecule has 98 valence electrons. The van der Waals surface area contributed by atoms with E-state index in [4.69, 9.17) is 5.11 Å². The topological polar surface area (TPSA) is 66.4 Å². The number of carbonyl (C=O) groups excluding carboxylic acids is 1. The minimum atomic E-state index is -0.765. The van der Waals surface area contributed by atoms with Gasteiger partial charge in [-0.25, -0.2) is 0 Å². The van der Waals surface area contributed by atoms with E-state index in [0.717, 1.165) is 18.4 Å². The summed E-state index contributed by atoms with van der Waals surface area (Å²) in [6.45, 7) is 2.49. The lowest BCUT2D eigenvalue weighted by atomic mass is 10.1. The highest BCUT2D eigenvalue weighted by Gasteiger charge is 2.06. The monoisotopic (exact) mass is 249 g/mol. The van der Waals surface area contributed by atoms with Crippen LogP contribution in [0.15, 0.2) is 24.3 Å². The van der Waals surface area contributed by atoms with Gasteiger partial charge in [0.15, 0.2) is 0 Å². The number of carbonyl (C=O) groups is 2. The molecule has 0 atom stereocenters. The number of unbranched alkanes of at least 4 members (excludes halogenated alkanes) is 2. The summed E-state index contributed by atoms with van der Waals surface area (Å²) in [7, 11) is 0. The standard InChI is InChI=1S/C14H19NO3/c1-11-7-4-5-8-12(11)14(18)15-10-6-2-3-9-13(16)17/h4-5,7-8H,2-3,6,9-10H2,1H3,(H,15,18)(H,16,17). The first-order valence-electron chi connectivity index (χ1n) is 6.17. The van der Waals surface area contributed by atoms with Gasteiger partial charge in [0.25, 0.3) is 5.91 Å². The number of benzene rings is 1. The minimum Gasteiger partial charge on any atom is -0.481 e. The zero-order valence-corrected chi connectivity index (χ0v) is 10.6. The Labute approximate surface area is 107 Å². The van der Waals surface area contributed by atoms with Crippen molar-refractivity contribution in [2.24, 2.45) is 0 Å². The summed E-state index contributed by atoms with van der Waals surface area (Å²) in [6.07, 6.45) is 2.49. The van der Waals surface area contributed by atoms with Gasteiger partial charge < -0.3 is 10.4 Å². The normalized spacial score (nSPS) is 10.1. The number of rotatable bonds is 7. The molecule has 0 unspecified atom stereocenters. The van der Waals surface area contributed by atoms with Gasteiger partial charge in [-0.3, -0.25) is 9.59 Å². The van der Waals surface area contributed by atoms with Crippen molar-refractivity contribution in [3.05, 3.63) is 35.4 Å². The maximum atomic E-state index is 11.8. The predicted octanol–water partition coefficient (Wildman–Crippen LogP) is 2.37. The smallest absolute Gasteiger partial charge is 0.303 e. The molecule has 0 saturated carbocycles. The highest BCUT2D eigenvalue weighted by molar-refractivity contribution is 5.95. The Morgan fingerprint density at radius 3 is 2.56 bits per heavy atom. The van der Waals surface area contributed by atoms with E-state index in [1.807, 2.05) is 25.1 Å². The van der Waals surface area contributed by atoms with Crippen LogP contribution in [0.5, 0.6) is 0 Å². The lowest BCUT2D eigenvalue weighted by Gasteiger charge is -2.07. The van der Waals surface area contributed by atoms with Gasteiger partial charge in [0, 0.05) is 18.5 Å². The molecule has 0 aromatic heterocycles. The van der Waals surface area contributed by atoms with Crippen LogP contribution >= 0.6 is 0 Å². The average Bonchev–Trinajstić information content (AvgIpc) is 2.33. The van der Waals surface area contributed by atoms with Crippen molar-refractivity contribution in [2.75, 3.05) is 6.54 Å². The van der Waals surface area contributed by atoms with Crippen molar-refractivity contribution in [3.63, 3.8) is 0 Å². The van der Waals surface area contributed by atoms with Gasteiger partial charge in [0.1, 0.15) is 0 Å². The van der Waals surface area contributed by atoms with E-state index in [9.17, 15) is 9.59 Å². The Kier molecular flexibility index (Phi) is 5.91. The molecule has 0 aliphatic heterocycles. The van der Waals surface area contributed by atoms with Crippen LogP contribution in [0.4, 0.5) is 0 Å². The van der Waals surface area contributed by atoms with Gasteiger partial charge >= 0.3 is 5.97 Å². The van der Waals surface area contributed by atoms with Crippen LogP contribution in [0.1, 0.15) is 41.6 Å². The second kappa shape index (κ2) is 7.48. The Bertz CT molecular complexity index is 415. The number of aryl methyl sites for hydroxylation is 1. The second-order valence-corrected chi connectivity index (χ2v) is 4.28. The van der Waals surface area contributed by atoms with Crippen molar-refractivity contribution in [1.82, 2.24) is 5.32 Å². The third-order valence-corrected chi connectivity index (χ3v) is 2.74. The van der Waals surface area contributed by atoms with Gasteiger partial charge in [-0.1, -0.05) is 24.6 Å². The molecule has 1 aromatic rings. The van der Waals surface area contributed by atoms with Crippen LogP contribution in [-0.4, -0.2) is 23.5 Å². The summed E-state index contributed by atoms with van der Waals surface area (Å²) in [4.78, 5) is 22.1. The number of aliphatic carboxylic acids is 1. The summed E-state index contributed by atoms with van der Waals surface area (Å²) >= 11 is 0. The number of nitrogens with one attached hydrogen (secondary N) is 1. The van der Waals surface area contributed by atoms with Crippen molar-refractivity contribution in [1.29, 1.82) is 0 Å².